The number of hydrogen-bond donors (Lipinski definition) is 4. The number of hydrogen-bond acceptors (Lipinski definition) is 15. The van der Waals surface area contributed by atoms with Crippen molar-refractivity contribution < 1.29 is 38.5 Å². The van der Waals surface area contributed by atoms with Crippen molar-refractivity contribution >= 4 is 35.3 Å². The van der Waals surface area contributed by atoms with Gasteiger partial charge in [0.25, 0.3) is 11.8 Å². The van der Waals surface area contributed by atoms with Gasteiger partial charge in [-0.1, -0.05) is 32.9 Å². The van der Waals surface area contributed by atoms with Crippen molar-refractivity contribution in [3.8, 4) is 34.7 Å². The summed E-state index contributed by atoms with van der Waals surface area (Å²) in [6.45, 7) is 10.9. The molecular formula is C46H50N10O8. The Hall–Kier alpha value is -7.52. The van der Waals surface area contributed by atoms with Gasteiger partial charge >= 0.3 is 5.97 Å². The van der Waals surface area contributed by atoms with Gasteiger partial charge in [0, 0.05) is 67.7 Å². The Bertz CT molecular complexity index is 2500. The van der Waals surface area contributed by atoms with Crippen LogP contribution in [0, 0.1) is 16.7 Å². The minimum atomic E-state index is -1.10. The normalized spacial score (nSPS) is 13.3. The van der Waals surface area contributed by atoms with Crippen LogP contribution in [0.25, 0.3) is 11.3 Å². The number of carboxylic acids is 1. The summed E-state index contributed by atoms with van der Waals surface area (Å²) in [7, 11) is 0. The standard InChI is InChI=1S/C46H50N10O8/c1-45(2,3)16-15-36(43(60)61)54-38(57)28-63-32-9-6-10-33(22-32)64-39-14-11-29(24-51-39)42(59)49-18-20-62-21-19-50-44-52-25-31(26-53-44)35-13-12-34-40(58)46(4,5)56(41(34)55-35)27-30-8-7-17-48-37(30)23-47/h6-14,17,22,24-26,36H,15-16,18-21,27-28H2,1-5H3,(H,49,59)(H,54,57)(H,60,61)(H,50,52,53)/t36-/m0/s1. The number of anilines is 2. The van der Waals surface area contributed by atoms with Crippen LogP contribution < -0.4 is 30.3 Å². The van der Waals surface area contributed by atoms with Crippen LogP contribution in [0.4, 0.5) is 11.8 Å². The lowest BCUT2D eigenvalue weighted by molar-refractivity contribution is -0.142. The number of nitrogens with one attached hydrogen (secondary N) is 3. The number of aromatic nitrogens is 5. The first-order chi connectivity index (χ1) is 30.6. The summed E-state index contributed by atoms with van der Waals surface area (Å²) < 4.78 is 17.0. The largest absolute Gasteiger partial charge is 0.484 e. The summed E-state index contributed by atoms with van der Waals surface area (Å²) in [5.41, 5.74) is 2.13. The molecule has 1 aliphatic heterocycles. The quantitative estimate of drug-likeness (QED) is 0.0695. The lowest BCUT2D eigenvalue weighted by Crippen LogP contribution is -2.44. The highest BCUT2D eigenvalue weighted by molar-refractivity contribution is 6.13. The number of rotatable bonds is 20. The second-order valence-corrected chi connectivity index (χ2v) is 16.6. The van der Waals surface area contributed by atoms with Gasteiger partial charge in [-0.25, -0.2) is 29.7 Å². The molecule has 5 heterocycles. The van der Waals surface area contributed by atoms with Crippen LogP contribution in [-0.2, 0) is 20.9 Å². The molecule has 5 aromatic rings. The Morgan fingerprint density at radius 2 is 1.70 bits per heavy atom. The number of pyridine rings is 3. The zero-order valence-electron chi connectivity index (χ0n) is 36.3. The molecule has 0 bridgehead atoms. The Morgan fingerprint density at radius 3 is 2.42 bits per heavy atom. The molecular weight excluding hydrogens is 821 g/mol. The first-order valence-electron chi connectivity index (χ1n) is 20.6. The van der Waals surface area contributed by atoms with Gasteiger partial charge in [0.2, 0.25) is 11.8 Å². The maximum Gasteiger partial charge on any atom is 0.326 e. The number of Topliss-reactive ketones (excluding diaryl/α,β-unsaturated/α-hetero) is 1. The molecule has 6 rings (SSSR count). The lowest BCUT2D eigenvalue weighted by Gasteiger charge is -2.32. The molecule has 0 saturated carbocycles. The Labute approximate surface area is 370 Å². The van der Waals surface area contributed by atoms with E-state index in [0.717, 1.165) is 0 Å². The van der Waals surface area contributed by atoms with E-state index >= 15 is 0 Å². The third kappa shape index (κ3) is 12.1. The van der Waals surface area contributed by atoms with Crippen molar-refractivity contribution in [3.63, 3.8) is 0 Å². The predicted octanol–water partition coefficient (Wildman–Crippen LogP) is 5.61. The van der Waals surface area contributed by atoms with E-state index in [4.69, 9.17) is 19.2 Å². The number of ketones is 1. The maximum absolute atomic E-state index is 13.3. The molecule has 1 aromatic carbocycles. The number of carbonyl (C=O) groups is 4. The summed E-state index contributed by atoms with van der Waals surface area (Å²) in [5.74, 6) is -0.198. The monoisotopic (exact) mass is 870 g/mol. The van der Waals surface area contributed by atoms with Crippen LogP contribution in [0.2, 0.25) is 0 Å². The molecule has 0 radical (unpaired) electrons. The fraction of sp³-hybridized carbons (Fsp3) is 0.348. The SMILES string of the molecule is CC(C)(C)CC[C@H](NC(=O)COc1cccc(Oc2ccc(C(=O)NCCOCCNc3ncc(-c4ccc5c(n4)N(Cc4cccnc4C#N)C(C)(C)C5=O)cn3)cn2)c1)C(=O)O. The smallest absolute Gasteiger partial charge is 0.326 e. The number of ether oxygens (including phenoxy) is 3. The van der Waals surface area contributed by atoms with Crippen molar-refractivity contribution in [2.24, 2.45) is 5.41 Å². The summed E-state index contributed by atoms with van der Waals surface area (Å²) in [4.78, 5) is 74.0. The van der Waals surface area contributed by atoms with Crippen molar-refractivity contribution in [1.29, 1.82) is 5.26 Å². The molecule has 64 heavy (non-hydrogen) atoms. The third-order valence-corrected chi connectivity index (χ3v) is 10.2. The molecule has 0 fully saturated rings. The van der Waals surface area contributed by atoms with E-state index in [9.17, 15) is 29.5 Å². The average Bonchev–Trinajstić information content (AvgIpc) is 3.46. The lowest BCUT2D eigenvalue weighted by atomic mass is 9.88. The number of carbonyl (C=O) groups excluding carboxylic acids is 3. The molecule has 4 aromatic heterocycles. The number of aliphatic carboxylic acids is 1. The van der Waals surface area contributed by atoms with Crippen molar-refractivity contribution in [2.75, 3.05) is 43.1 Å². The third-order valence-electron chi connectivity index (χ3n) is 10.2. The molecule has 332 valence electrons. The van der Waals surface area contributed by atoms with Gasteiger partial charge in [-0.2, -0.15) is 5.26 Å². The molecule has 18 nitrogen and oxygen atoms in total. The van der Waals surface area contributed by atoms with Crippen molar-refractivity contribution in [2.45, 2.75) is 65.6 Å². The van der Waals surface area contributed by atoms with E-state index in [-0.39, 0.29) is 49.3 Å². The summed E-state index contributed by atoms with van der Waals surface area (Å²) in [6.07, 6.45) is 7.16. The fourth-order valence-electron chi connectivity index (χ4n) is 6.59. The van der Waals surface area contributed by atoms with Gasteiger partial charge in [-0.3, -0.25) is 14.4 Å². The van der Waals surface area contributed by atoms with E-state index < -0.39 is 23.5 Å². The Kier molecular flexibility index (Phi) is 14.8. The van der Waals surface area contributed by atoms with E-state index in [2.05, 4.69) is 42.0 Å². The number of nitrogens with zero attached hydrogens (tertiary/aromatic N) is 7. The zero-order chi connectivity index (χ0) is 45.9. The molecule has 1 atom stereocenters. The van der Waals surface area contributed by atoms with Gasteiger partial charge in [0.1, 0.15) is 35.1 Å². The molecule has 0 aliphatic carbocycles. The van der Waals surface area contributed by atoms with E-state index in [1.807, 2.05) is 45.6 Å². The zero-order valence-corrected chi connectivity index (χ0v) is 36.3. The van der Waals surface area contributed by atoms with Crippen LogP contribution in [0.1, 0.15) is 79.4 Å². The summed E-state index contributed by atoms with van der Waals surface area (Å²) in [5, 5.41) is 27.5. The number of carboxylic acid groups (broad SMARTS) is 1. The van der Waals surface area contributed by atoms with Crippen LogP contribution in [0.15, 0.2) is 85.5 Å². The second kappa shape index (κ2) is 20.6. The Balaban J connectivity index is 0.894. The van der Waals surface area contributed by atoms with Crippen LogP contribution in [-0.4, -0.2) is 98.1 Å². The van der Waals surface area contributed by atoms with Gasteiger partial charge in [0.15, 0.2) is 12.4 Å². The second-order valence-electron chi connectivity index (χ2n) is 16.6. The topological polar surface area (TPSA) is 244 Å². The first kappa shape index (κ1) is 46.0. The van der Waals surface area contributed by atoms with Crippen LogP contribution >= 0.6 is 0 Å². The van der Waals surface area contributed by atoms with Crippen molar-refractivity contribution in [1.82, 2.24) is 35.6 Å². The molecule has 0 saturated heterocycles. The van der Waals surface area contributed by atoms with Gasteiger partial charge in [-0.05, 0) is 68.5 Å². The molecule has 1 aliphatic rings. The highest BCUT2D eigenvalue weighted by atomic mass is 16.5. The number of benzene rings is 1. The first-order valence-corrected chi connectivity index (χ1v) is 20.6. The maximum atomic E-state index is 13.3. The minimum Gasteiger partial charge on any atom is -0.484 e. The molecule has 2 amide bonds. The number of amides is 2. The molecule has 18 heteroatoms. The van der Waals surface area contributed by atoms with Gasteiger partial charge < -0.3 is 40.2 Å². The van der Waals surface area contributed by atoms with Gasteiger partial charge in [0.05, 0.1) is 35.6 Å². The van der Waals surface area contributed by atoms with E-state index in [1.165, 1.54) is 6.20 Å². The van der Waals surface area contributed by atoms with Crippen LogP contribution in [0.3, 0.4) is 0 Å². The summed E-state index contributed by atoms with van der Waals surface area (Å²) in [6, 6.07) is 17.9. The van der Waals surface area contributed by atoms with Crippen LogP contribution in [0.5, 0.6) is 17.4 Å². The highest BCUT2D eigenvalue weighted by Crippen LogP contribution is 2.40. The Morgan fingerprint density at radius 1 is 0.938 bits per heavy atom. The number of nitriles is 1. The average molecular weight is 871 g/mol. The molecule has 4 N–H and O–H groups in total. The highest BCUT2D eigenvalue weighted by Gasteiger charge is 2.45. The van der Waals surface area contributed by atoms with Gasteiger partial charge in [-0.15, -0.1) is 0 Å². The summed E-state index contributed by atoms with van der Waals surface area (Å²) >= 11 is 0. The minimum absolute atomic E-state index is 0.0587. The fourth-order valence-corrected chi connectivity index (χ4v) is 6.59. The molecule has 0 unspecified atom stereocenters. The van der Waals surface area contributed by atoms with E-state index in [0.29, 0.717) is 82.9 Å². The number of fused-ring (bicyclic) bond motifs is 1. The molecule has 0 spiro atoms. The van der Waals surface area contributed by atoms with E-state index in [1.54, 1.807) is 73.2 Å². The van der Waals surface area contributed by atoms with Crippen molar-refractivity contribution in [3.05, 3.63) is 108 Å². The predicted molar refractivity (Wildman–Crippen MR) is 235 cm³/mol.